The number of hydrogen-bond donors (Lipinski definition) is 2. The molecule has 0 bridgehead atoms. The normalized spacial score (nSPS) is 12.1. The Morgan fingerprint density at radius 2 is 2.18 bits per heavy atom. The van der Waals surface area contributed by atoms with Gasteiger partial charge in [-0.05, 0) is 24.6 Å². The van der Waals surface area contributed by atoms with Crippen LogP contribution in [0.1, 0.15) is 16.8 Å². The Balaban J connectivity index is 2.49. The molecule has 17 heavy (non-hydrogen) atoms. The number of benzene rings is 1. The van der Waals surface area contributed by atoms with Crippen LogP contribution < -0.4 is 11.1 Å². The first-order chi connectivity index (χ1) is 7.99. The number of hydrogen-bond acceptors (Lipinski definition) is 3. The Bertz CT molecular complexity index is 417. The lowest BCUT2D eigenvalue weighted by Crippen LogP contribution is -2.25. The van der Waals surface area contributed by atoms with Gasteiger partial charge in [0.2, 0.25) is 0 Å². The molecule has 0 saturated carbocycles. The minimum Gasteiger partial charge on any atom is -0.399 e. The summed E-state index contributed by atoms with van der Waals surface area (Å²) in [7, 11) is -0.811. The largest absolute Gasteiger partial charge is 0.399 e. The fourth-order valence-corrected chi connectivity index (χ4v) is 2.38. The first-order valence-electron chi connectivity index (χ1n) is 5.13. The third kappa shape index (κ3) is 5.32. The number of anilines is 1. The van der Waals surface area contributed by atoms with Crippen molar-refractivity contribution in [2.45, 2.75) is 6.42 Å². The van der Waals surface area contributed by atoms with E-state index in [0.29, 0.717) is 30.0 Å². The average molecular weight is 319 g/mol. The monoisotopic (exact) mass is 318 g/mol. The van der Waals surface area contributed by atoms with Gasteiger partial charge in [0.25, 0.3) is 5.91 Å². The Hall–Kier alpha value is -0.880. The van der Waals surface area contributed by atoms with E-state index in [1.807, 2.05) is 0 Å². The van der Waals surface area contributed by atoms with Gasteiger partial charge >= 0.3 is 0 Å². The summed E-state index contributed by atoms with van der Waals surface area (Å²) in [6, 6.07) is 5.07. The van der Waals surface area contributed by atoms with Gasteiger partial charge in [0.05, 0.1) is 0 Å². The van der Waals surface area contributed by atoms with Crippen LogP contribution in [0.4, 0.5) is 5.69 Å². The molecule has 0 aliphatic heterocycles. The van der Waals surface area contributed by atoms with Crippen molar-refractivity contribution in [3.05, 3.63) is 28.2 Å². The number of carbonyl (C=O) groups is 1. The summed E-state index contributed by atoms with van der Waals surface area (Å²) in [6.45, 7) is 0.519. The molecule has 6 heteroatoms. The van der Waals surface area contributed by atoms with Gasteiger partial charge in [-0.25, -0.2) is 0 Å². The average Bonchev–Trinajstić information content (AvgIpc) is 2.22. The fourth-order valence-electron chi connectivity index (χ4n) is 1.32. The van der Waals surface area contributed by atoms with Crippen LogP contribution in [0, 0.1) is 0 Å². The molecule has 3 N–H and O–H groups in total. The molecular formula is C11H15BrN2O2S. The number of rotatable bonds is 5. The van der Waals surface area contributed by atoms with E-state index in [4.69, 9.17) is 5.73 Å². The van der Waals surface area contributed by atoms with Gasteiger partial charge in [0, 0.05) is 45.1 Å². The zero-order valence-electron chi connectivity index (χ0n) is 9.53. The van der Waals surface area contributed by atoms with E-state index in [-0.39, 0.29) is 5.91 Å². The van der Waals surface area contributed by atoms with E-state index in [2.05, 4.69) is 21.2 Å². The molecule has 4 nitrogen and oxygen atoms in total. The molecular weight excluding hydrogens is 304 g/mol. The fraction of sp³-hybridized carbons (Fsp3) is 0.364. The summed E-state index contributed by atoms with van der Waals surface area (Å²) in [5.74, 6) is 0.431. The molecule has 0 aliphatic carbocycles. The maximum absolute atomic E-state index is 11.7. The van der Waals surface area contributed by atoms with Gasteiger partial charge in [0.1, 0.15) is 0 Å². The maximum atomic E-state index is 11.7. The minimum absolute atomic E-state index is 0.167. The number of nitrogens with one attached hydrogen (secondary N) is 1. The molecule has 0 spiro atoms. The van der Waals surface area contributed by atoms with Crippen molar-refractivity contribution in [3.63, 3.8) is 0 Å². The zero-order valence-corrected chi connectivity index (χ0v) is 11.9. The standard InChI is InChI=1S/C11H15BrN2O2S/c1-17(16)4-2-3-14-11(15)8-5-9(12)7-10(13)6-8/h5-7H,2-4,13H2,1H3,(H,14,15). The van der Waals surface area contributed by atoms with E-state index >= 15 is 0 Å². The van der Waals surface area contributed by atoms with Gasteiger partial charge in [0.15, 0.2) is 0 Å². The summed E-state index contributed by atoms with van der Waals surface area (Å²) in [5, 5.41) is 2.76. The molecule has 1 unspecified atom stereocenters. The van der Waals surface area contributed by atoms with Gasteiger partial charge in [-0.2, -0.15) is 0 Å². The number of nitrogens with two attached hydrogens (primary N) is 1. The van der Waals surface area contributed by atoms with Crippen LogP contribution in [0.2, 0.25) is 0 Å². The number of halogens is 1. The third-order valence-corrected chi connectivity index (χ3v) is 3.40. The van der Waals surface area contributed by atoms with Gasteiger partial charge in [-0.1, -0.05) is 15.9 Å². The predicted molar refractivity (Wildman–Crippen MR) is 74.4 cm³/mol. The number of nitrogen functional groups attached to an aromatic ring is 1. The second-order valence-electron chi connectivity index (χ2n) is 3.66. The quantitative estimate of drug-likeness (QED) is 0.639. The van der Waals surface area contributed by atoms with Crippen LogP contribution in [0.5, 0.6) is 0 Å². The minimum atomic E-state index is -0.811. The molecule has 1 aromatic rings. The first kappa shape index (κ1) is 14.2. The van der Waals surface area contributed by atoms with Gasteiger partial charge in [-0.15, -0.1) is 0 Å². The summed E-state index contributed by atoms with van der Waals surface area (Å²) in [5.41, 5.74) is 6.71. The molecule has 1 atom stereocenters. The first-order valence-corrected chi connectivity index (χ1v) is 7.65. The molecule has 94 valence electrons. The molecule has 0 saturated heterocycles. The topological polar surface area (TPSA) is 72.2 Å². The number of amides is 1. The Kier molecular flexibility index (Phi) is 5.64. The second kappa shape index (κ2) is 6.76. The van der Waals surface area contributed by atoms with E-state index < -0.39 is 10.8 Å². The summed E-state index contributed by atoms with van der Waals surface area (Å²) < 4.78 is 11.6. The highest BCUT2D eigenvalue weighted by molar-refractivity contribution is 9.10. The Morgan fingerprint density at radius 1 is 1.47 bits per heavy atom. The van der Waals surface area contributed by atoms with E-state index in [0.717, 1.165) is 4.47 Å². The van der Waals surface area contributed by atoms with Crippen molar-refractivity contribution < 1.29 is 9.00 Å². The molecule has 1 rings (SSSR count). The molecule has 0 fully saturated rings. The lowest BCUT2D eigenvalue weighted by atomic mass is 10.2. The third-order valence-electron chi connectivity index (χ3n) is 2.08. The smallest absolute Gasteiger partial charge is 0.251 e. The van der Waals surface area contributed by atoms with Crippen LogP contribution in [-0.2, 0) is 10.8 Å². The summed E-state index contributed by atoms with van der Waals surface area (Å²) in [6.07, 6.45) is 2.36. The SMILES string of the molecule is CS(=O)CCCNC(=O)c1cc(N)cc(Br)c1. The van der Waals surface area contributed by atoms with Crippen LogP contribution in [-0.4, -0.2) is 28.7 Å². The Morgan fingerprint density at radius 3 is 2.76 bits per heavy atom. The molecule has 0 aromatic heterocycles. The van der Waals surface area contributed by atoms with Crippen molar-refractivity contribution in [1.29, 1.82) is 0 Å². The van der Waals surface area contributed by atoms with Crippen molar-refractivity contribution in [1.82, 2.24) is 5.32 Å². The van der Waals surface area contributed by atoms with Crippen LogP contribution >= 0.6 is 15.9 Å². The van der Waals surface area contributed by atoms with Gasteiger partial charge in [-0.3, -0.25) is 9.00 Å². The van der Waals surface area contributed by atoms with Crippen molar-refractivity contribution in [2.75, 3.05) is 24.3 Å². The highest BCUT2D eigenvalue weighted by Gasteiger charge is 2.06. The zero-order chi connectivity index (χ0) is 12.8. The lowest BCUT2D eigenvalue weighted by molar-refractivity contribution is 0.0953. The molecule has 0 heterocycles. The summed E-state index contributed by atoms with van der Waals surface area (Å²) >= 11 is 3.28. The van der Waals surface area contributed by atoms with Crippen LogP contribution in [0.3, 0.4) is 0 Å². The van der Waals surface area contributed by atoms with E-state index in [1.54, 1.807) is 24.5 Å². The highest BCUT2D eigenvalue weighted by Crippen LogP contribution is 2.17. The predicted octanol–water partition coefficient (Wildman–Crippen LogP) is 1.53. The van der Waals surface area contributed by atoms with Gasteiger partial charge < -0.3 is 11.1 Å². The summed E-state index contributed by atoms with van der Waals surface area (Å²) in [4.78, 5) is 11.7. The lowest BCUT2D eigenvalue weighted by Gasteiger charge is -2.06. The van der Waals surface area contributed by atoms with Crippen LogP contribution in [0.25, 0.3) is 0 Å². The highest BCUT2D eigenvalue weighted by atomic mass is 79.9. The molecule has 1 aromatic carbocycles. The molecule has 1 amide bonds. The molecule has 0 radical (unpaired) electrons. The molecule has 0 aliphatic rings. The van der Waals surface area contributed by atoms with Crippen molar-refractivity contribution in [3.8, 4) is 0 Å². The van der Waals surface area contributed by atoms with Crippen molar-refractivity contribution >= 4 is 38.3 Å². The van der Waals surface area contributed by atoms with E-state index in [1.165, 1.54) is 0 Å². The van der Waals surface area contributed by atoms with Crippen LogP contribution in [0.15, 0.2) is 22.7 Å². The number of carbonyl (C=O) groups excluding carboxylic acids is 1. The van der Waals surface area contributed by atoms with E-state index in [9.17, 15) is 9.00 Å². The van der Waals surface area contributed by atoms with Crippen molar-refractivity contribution in [2.24, 2.45) is 0 Å². The maximum Gasteiger partial charge on any atom is 0.251 e. The Labute approximate surface area is 112 Å². The second-order valence-corrected chi connectivity index (χ2v) is 6.13.